The minimum Gasteiger partial charge on any atom is -0.478 e. The van der Waals surface area contributed by atoms with Gasteiger partial charge in [0.2, 0.25) is 0 Å². The van der Waals surface area contributed by atoms with Crippen molar-refractivity contribution >= 4 is 11.9 Å². The lowest BCUT2D eigenvalue weighted by Gasteiger charge is -2.09. The van der Waals surface area contributed by atoms with Crippen molar-refractivity contribution in [3.8, 4) is 11.1 Å². The van der Waals surface area contributed by atoms with E-state index in [-0.39, 0.29) is 12.1 Å². The van der Waals surface area contributed by atoms with E-state index in [1.54, 1.807) is 54.6 Å². The summed E-state index contributed by atoms with van der Waals surface area (Å²) in [5, 5.41) is 13.8. The molecule has 4 aromatic rings. The Hall–Kier alpha value is -4.26. The number of aromatic carboxylic acids is 1. The van der Waals surface area contributed by atoms with Gasteiger partial charge in [-0.2, -0.15) is 0 Å². The topological polar surface area (TPSA) is 94.2 Å². The van der Waals surface area contributed by atoms with Gasteiger partial charge in [0.1, 0.15) is 5.82 Å². The van der Waals surface area contributed by atoms with Crippen LogP contribution in [0.4, 0.5) is 0 Å². The number of aromatic nitrogens is 3. The molecule has 166 valence electrons. The van der Waals surface area contributed by atoms with Crippen molar-refractivity contribution in [3.05, 3.63) is 112 Å². The summed E-state index contributed by atoms with van der Waals surface area (Å²) in [6.45, 7) is 2.25. The zero-order valence-electron chi connectivity index (χ0n) is 18.1. The molecule has 0 amide bonds. The van der Waals surface area contributed by atoms with Gasteiger partial charge in [-0.3, -0.25) is 9.36 Å². The highest BCUT2D eigenvalue weighted by Gasteiger charge is 2.19. The van der Waals surface area contributed by atoms with E-state index in [2.05, 4.69) is 5.10 Å². The van der Waals surface area contributed by atoms with Crippen molar-refractivity contribution in [2.75, 3.05) is 0 Å². The maximum Gasteiger partial charge on any atom is 0.353 e. The average Bonchev–Trinajstić information content (AvgIpc) is 3.15. The average molecular weight is 441 g/mol. The molecule has 1 aromatic heterocycles. The number of carboxylic acid groups (broad SMARTS) is 1. The molecule has 0 aliphatic heterocycles. The number of hydrogen-bond donors (Lipinski definition) is 1. The van der Waals surface area contributed by atoms with E-state index < -0.39 is 17.6 Å². The van der Waals surface area contributed by atoms with Gasteiger partial charge in [-0.15, -0.1) is 9.78 Å². The fourth-order valence-corrected chi connectivity index (χ4v) is 3.73. The Morgan fingerprint density at radius 2 is 1.58 bits per heavy atom. The van der Waals surface area contributed by atoms with Crippen molar-refractivity contribution < 1.29 is 14.7 Å². The highest BCUT2D eigenvalue weighted by molar-refractivity contribution is 5.96. The summed E-state index contributed by atoms with van der Waals surface area (Å²) in [5.74, 6) is -0.898. The molecule has 0 unspecified atom stereocenters. The van der Waals surface area contributed by atoms with Gasteiger partial charge in [-0.05, 0) is 41.3 Å². The highest BCUT2D eigenvalue weighted by Crippen LogP contribution is 2.24. The Kier molecular flexibility index (Phi) is 6.31. The fraction of sp³-hybridized carbons (Fsp3) is 0.154. The van der Waals surface area contributed by atoms with Crippen LogP contribution < -0.4 is 5.69 Å². The molecular weight excluding hydrogens is 418 g/mol. The molecule has 7 heteroatoms. The zero-order valence-corrected chi connectivity index (χ0v) is 18.1. The number of benzene rings is 3. The number of carbonyl (C=O) groups excluding carboxylic acids is 1. The number of rotatable bonds is 7. The van der Waals surface area contributed by atoms with Crippen molar-refractivity contribution in [2.24, 2.45) is 0 Å². The third kappa shape index (κ3) is 4.52. The standard InChI is InChI=1S/C26H23N3O4/c1-2-8-23-27-29(24(30)20-9-4-3-5-10-20)26(33)28(23)17-18-13-15-19(16-14-18)21-11-6-7-12-22(21)25(31)32/h3-7,9-16H,2,8,17H2,1H3,(H,31,32). The molecule has 0 aliphatic carbocycles. The van der Waals surface area contributed by atoms with E-state index in [0.29, 0.717) is 23.4 Å². The normalized spacial score (nSPS) is 10.8. The second-order valence-electron chi connectivity index (χ2n) is 7.67. The zero-order chi connectivity index (χ0) is 23.4. The predicted octanol–water partition coefficient (Wildman–Crippen LogP) is 4.10. The Morgan fingerprint density at radius 3 is 2.24 bits per heavy atom. The lowest BCUT2D eigenvalue weighted by atomic mass is 9.99. The van der Waals surface area contributed by atoms with Gasteiger partial charge in [0.15, 0.2) is 0 Å². The molecule has 1 heterocycles. The summed E-state index contributed by atoms with van der Waals surface area (Å²) in [4.78, 5) is 37.4. The minimum atomic E-state index is -0.985. The summed E-state index contributed by atoms with van der Waals surface area (Å²) >= 11 is 0. The van der Waals surface area contributed by atoms with Crippen LogP contribution in [0, 0.1) is 0 Å². The first-order valence-corrected chi connectivity index (χ1v) is 10.7. The molecule has 0 spiro atoms. The van der Waals surface area contributed by atoms with E-state index in [1.807, 2.05) is 31.2 Å². The van der Waals surface area contributed by atoms with Crippen LogP contribution in [0.5, 0.6) is 0 Å². The van der Waals surface area contributed by atoms with Crippen molar-refractivity contribution in [3.63, 3.8) is 0 Å². The Bertz CT molecular complexity index is 1350. The second kappa shape index (κ2) is 9.48. The van der Waals surface area contributed by atoms with E-state index in [4.69, 9.17) is 0 Å². The van der Waals surface area contributed by atoms with Crippen molar-refractivity contribution in [1.29, 1.82) is 0 Å². The quantitative estimate of drug-likeness (QED) is 0.466. The van der Waals surface area contributed by atoms with Crippen LogP contribution in [0.1, 0.15) is 45.4 Å². The summed E-state index contributed by atoms with van der Waals surface area (Å²) in [6.07, 6.45) is 1.34. The molecule has 0 fully saturated rings. The van der Waals surface area contributed by atoms with Gasteiger partial charge in [0.05, 0.1) is 12.1 Å². The number of nitrogens with zero attached hydrogens (tertiary/aromatic N) is 3. The van der Waals surface area contributed by atoms with Crippen LogP contribution in [0.25, 0.3) is 11.1 Å². The predicted molar refractivity (Wildman–Crippen MR) is 125 cm³/mol. The maximum atomic E-state index is 13.1. The van der Waals surface area contributed by atoms with E-state index in [0.717, 1.165) is 22.2 Å². The van der Waals surface area contributed by atoms with Crippen LogP contribution in [0.2, 0.25) is 0 Å². The molecule has 0 atom stereocenters. The Balaban J connectivity index is 1.65. The molecule has 7 nitrogen and oxygen atoms in total. The Labute approximate surface area is 190 Å². The summed E-state index contributed by atoms with van der Waals surface area (Å²) in [7, 11) is 0. The molecule has 3 aromatic carbocycles. The van der Waals surface area contributed by atoms with Crippen molar-refractivity contribution in [2.45, 2.75) is 26.3 Å². The maximum absolute atomic E-state index is 13.1. The fourth-order valence-electron chi connectivity index (χ4n) is 3.73. The Morgan fingerprint density at radius 1 is 0.909 bits per heavy atom. The number of aryl methyl sites for hydroxylation is 1. The lowest BCUT2D eigenvalue weighted by molar-refractivity contribution is 0.0697. The first kappa shape index (κ1) is 22.0. The van der Waals surface area contributed by atoms with Crippen LogP contribution in [0.3, 0.4) is 0 Å². The molecule has 0 saturated heterocycles. The van der Waals surface area contributed by atoms with Gasteiger partial charge in [0, 0.05) is 12.0 Å². The minimum absolute atomic E-state index is 0.229. The van der Waals surface area contributed by atoms with Gasteiger partial charge in [-0.25, -0.2) is 9.59 Å². The SMILES string of the molecule is CCCc1nn(C(=O)c2ccccc2)c(=O)n1Cc1ccc(-c2ccccc2C(=O)O)cc1. The third-order valence-corrected chi connectivity index (χ3v) is 5.39. The van der Waals surface area contributed by atoms with Gasteiger partial charge < -0.3 is 5.11 Å². The smallest absolute Gasteiger partial charge is 0.353 e. The molecule has 4 rings (SSSR count). The first-order chi connectivity index (χ1) is 16.0. The third-order valence-electron chi connectivity index (χ3n) is 5.39. The van der Waals surface area contributed by atoms with Crippen LogP contribution in [0.15, 0.2) is 83.7 Å². The summed E-state index contributed by atoms with van der Waals surface area (Å²) in [5.41, 5.74) is 2.39. The number of carbonyl (C=O) groups is 2. The van der Waals surface area contributed by atoms with Gasteiger partial charge >= 0.3 is 11.7 Å². The summed E-state index contributed by atoms with van der Waals surface area (Å²) in [6, 6.07) is 22.8. The number of carboxylic acids is 1. The monoisotopic (exact) mass is 441 g/mol. The molecule has 0 radical (unpaired) electrons. The molecule has 0 bridgehead atoms. The van der Waals surface area contributed by atoms with E-state index >= 15 is 0 Å². The van der Waals surface area contributed by atoms with Crippen molar-refractivity contribution in [1.82, 2.24) is 14.3 Å². The van der Waals surface area contributed by atoms with E-state index in [9.17, 15) is 19.5 Å². The van der Waals surface area contributed by atoms with E-state index in [1.165, 1.54) is 4.57 Å². The first-order valence-electron chi connectivity index (χ1n) is 10.7. The molecule has 0 aliphatic rings. The molecule has 1 N–H and O–H groups in total. The van der Waals surface area contributed by atoms with Crippen LogP contribution in [-0.4, -0.2) is 31.3 Å². The van der Waals surface area contributed by atoms with Gasteiger partial charge in [0.25, 0.3) is 5.91 Å². The highest BCUT2D eigenvalue weighted by atomic mass is 16.4. The molecule has 33 heavy (non-hydrogen) atoms. The largest absolute Gasteiger partial charge is 0.478 e. The molecular formula is C26H23N3O4. The van der Waals surface area contributed by atoms with Gasteiger partial charge in [-0.1, -0.05) is 67.6 Å². The van der Waals surface area contributed by atoms with Crippen LogP contribution >= 0.6 is 0 Å². The van der Waals surface area contributed by atoms with Crippen LogP contribution in [-0.2, 0) is 13.0 Å². The number of hydrogen-bond acceptors (Lipinski definition) is 4. The lowest BCUT2D eigenvalue weighted by Crippen LogP contribution is -2.30. The molecule has 0 saturated carbocycles. The summed E-state index contributed by atoms with van der Waals surface area (Å²) < 4.78 is 2.45. The second-order valence-corrected chi connectivity index (χ2v) is 7.67.